The molecule has 0 radical (unpaired) electrons. The molecule has 0 heterocycles. The van der Waals surface area contributed by atoms with Gasteiger partial charge in [-0.15, -0.1) is 0 Å². The first-order valence-corrected chi connectivity index (χ1v) is 9.38. The van der Waals surface area contributed by atoms with Gasteiger partial charge in [0.15, 0.2) is 0 Å². The van der Waals surface area contributed by atoms with Crippen LogP contribution in [0, 0.1) is 0 Å². The van der Waals surface area contributed by atoms with E-state index < -0.39 is 32.4 Å². The van der Waals surface area contributed by atoms with Gasteiger partial charge in [-0.2, -0.15) is 4.31 Å². The summed E-state index contributed by atoms with van der Waals surface area (Å²) in [7, 11) is -4.03. The van der Waals surface area contributed by atoms with Crippen LogP contribution in [0.15, 0.2) is 0 Å². The molecule has 0 fully saturated rings. The van der Waals surface area contributed by atoms with Crippen molar-refractivity contribution in [3.63, 3.8) is 0 Å². The minimum absolute atomic E-state index is 0.725. The molecule has 2 unspecified atom stereocenters. The summed E-state index contributed by atoms with van der Waals surface area (Å²) < 4.78 is 39.0. The van der Waals surface area contributed by atoms with Gasteiger partial charge in [0.2, 0.25) is 0 Å². The fraction of sp³-hybridized carbons (Fsp3) is 1.00. The van der Waals surface area contributed by atoms with Crippen molar-refractivity contribution in [1.29, 1.82) is 0 Å². The zero-order valence-corrected chi connectivity index (χ0v) is 10.1. The molecular formula is CH7O9P3S. The van der Waals surface area contributed by atoms with Crippen LogP contribution in [0.3, 0.4) is 0 Å². The number of hydrogen-bond acceptors (Lipinski definition) is 6. The zero-order chi connectivity index (χ0) is 11.6. The second kappa shape index (κ2) is 4.76. The molecule has 0 aliphatic rings. The molecule has 0 saturated heterocycles. The van der Waals surface area contributed by atoms with Gasteiger partial charge < -0.3 is 19.6 Å². The van der Waals surface area contributed by atoms with E-state index >= 15 is 0 Å². The Morgan fingerprint density at radius 1 is 1.07 bits per heavy atom. The van der Waals surface area contributed by atoms with Crippen molar-refractivity contribution in [3.05, 3.63) is 0 Å². The molecule has 0 saturated carbocycles. The van der Waals surface area contributed by atoms with Gasteiger partial charge in [0.1, 0.15) is 0 Å². The third-order valence-electron chi connectivity index (χ3n) is 0.647. The molecule has 0 spiro atoms. The maximum atomic E-state index is 10.8. The van der Waals surface area contributed by atoms with Crippen molar-refractivity contribution in [3.8, 4) is 0 Å². The lowest BCUT2D eigenvalue weighted by Crippen LogP contribution is -1.88. The fourth-order valence-electron chi connectivity index (χ4n) is 0.313. The zero-order valence-electron chi connectivity index (χ0n) is 6.58. The van der Waals surface area contributed by atoms with Gasteiger partial charge in [-0.25, -0.2) is 13.7 Å². The summed E-state index contributed by atoms with van der Waals surface area (Å²) in [6.45, 7) is -9.83. The van der Waals surface area contributed by atoms with Crippen molar-refractivity contribution in [2.45, 2.75) is 0 Å². The van der Waals surface area contributed by atoms with Crippen molar-refractivity contribution in [2.24, 2.45) is 0 Å². The smallest absolute Gasteiger partial charge is 0.316 e. The normalized spacial score (nSPS) is 21.2. The monoisotopic (exact) mass is 288 g/mol. The van der Waals surface area contributed by atoms with Crippen LogP contribution >= 0.6 is 32.4 Å². The van der Waals surface area contributed by atoms with Crippen molar-refractivity contribution >= 4 is 32.4 Å². The number of phosphoric acid groups is 1. The van der Waals surface area contributed by atoms with Gasteiger partial charge in [0.25, 0.3) is 0 Å². The van der Waals surface area contributed by atoms with Crippen LogP contribution in [0.25, 0.3) is 0 Å². The van der Waals surface area contributed by atoms with Crippen LogP contribution in [0.5, 0.6) is 0 Å². The fourth-order valence-corrected chi connectivity index (χ4v) is 7.07. The van der Waals surface area contributed by atoms with Crippen LogP contribution in [0.2, 0.25) is 0 Å². The molecule has 0 aromatic heterocycles. The van der Waals surface area contributed by atoms with E-state index in [1.54, 1.807) is 0 Å². The minimum Gasteiger partial charge on any atom is -0.316 e. The van der Waals surface area contributed by atoms with Gasteiger partial charge in [0.05, 0.1) is 11.0 Å². The van der Waals surface area contributed by atoms with E-state index in [1.807, 2.05) is 0 Å². The summed E-state index contributed by atoms with van der Waals surface area (Å²) in [6, 6.07) is 0. The van der Waals surface area contributed by atoms with Crippen LogP contribution in [-0.4, -0.2) is 26.7 Å². The largest absolute Gasteiger partial charge is 0.479 e. The first-order chi connectivity index (χ1) is 5.97. The van der Waals surface area contributed by atoms with E-state index in [-0.39, 0.29) is 0 Å². The average molecular weight is 288 g/mol. The molecule has 0 bridgehead atoms. The second-order valence-corrected chi connectivity index (χ2v) is 10.6. The van der Waals surface area contributed by atoms with Crippen LogP contribution in [0.1, 0.15) is 0 Å². The van der Waals surface area contributed by atoms with Crippen molar-refractivity contribution in [2.75, 3.05) is 7.11 Å². The molecule has 0 rings (SSSR count). The van der Waals surface area contributed by atoms with Gasteiger partial charge in [0, 0.05) is 7.11 Å². The lowest BCUT2D eigenvalue weighted by Gasteiger charge is -2.13. The van der Waals surface area contributed by atoms with Gasteiger partial charge >= 0.3 is 21.4 Å². The quantitative estimate of drug-likeness (QED) is 0.531. The third-order valence-corrected chi connectivity index (χ3v) is 8.81. The Bertz CT molecular complexity index is 329. The Balaban J connectivity index is 4.60. The molecule has 2 atom stereocenters. The lowest BCUT2D eigenvalue weighted by atomic mass is 11.8. The molecule has 0 aromatic carbocycles. The molecule has 0 aromatic rings. The number of hydrogen-bond donors (Lipinski definition) is 4. The van der Waals surface area contributed by atoms with Crippen molar-refractivity contribution in [1.82, 2.24) is 0 Å². The Labute approximate surface area is 82.2 Å². The topological polar surface area (TPSA) is 151 Å². The summed E-state index contributed by atoms with van der Waals surface area (Å²) in [5.74, 6) is 0. The van der Waals surface area contributed by atoms with E-state index in [4.69, 9.17) is 19.6 Å². The summed E-state index contributed by atoms with van der Waals surface area (Å²) >= 11 is -0.755. The van der Waals surface area contributed by atoms with Crippen LogP contribution in [0.4, 0.5) is 0 Å². The molecule has 0 aliphatic heterocycles. The Kier molecular flexibility index (Phi) is 5.03. The molecular weight excluding hydrogens is 281 g/mol. The van der Waals surface area contributed by atoms with Gasteiger partial charge in [-0.3, -0.25) is 4.52 Å². The lowest BCUT2D eigenvalue weighted by molar-refractivity contribution is 0.235. The highest BCUT2D eigenvalue weighted by molar-refractivity contribution is 8.84. The molecule has 86 valence electrons. The molecule has 0 amide bonds. The summed E-state index contributed by atoms with van der Waals surface area (Å²) in [5.41, 5.74) is 0. The van der Waals surface area contributed by atoms with Crippen LogP contribution in [-0.2, 0) is 22.5 Å². The number of phosphoric ester groups is 1. The van der Waals surface area contributed by atoms with E-state index in [0.29, 0.717) is 0 Å². The highest BCUT2D eigenvalue weighted by Crippen LogP contribution is 2.77. The Morgan fingerprint density at radius 2 is 1.50 bits per heavy atom. The predicted molar refractivity (Wildman–Crippen MR) is 47.4 cm³/mol. The molecule has 9 nitrogen and oxygen atoms in total. The van der Waals surface area contributed by atoms with Crippen molar-refractivity contribution < 1.29 is 42.1 Å². The highest BCUT2D eigenvalue weighted by Gasteiger charge is 2.39. The second-order valence-electron chi connectivity index (χ2n) is 1.77. The van der Waals surface area contributed by atoms with E-state index in [0.717, 1.165) is 7.11 Å². The Morgan fingerprint density at radius 3 is 1.79 bits per heavy atom. The summed E-state index contributed by atoms with van der Waals surface area (Å²) in [4.78, 5) is 33.8. The van der Waals surface area contributed by atoms with Crippen LogP contribution < -0.4 is 0 Å². The molecule has 0 aliphatic carbocycles. The average Bonchev–Trinajstić information content (AvgIpc) is 1.78. The molecule has 14 heavy (non-hydrogen) atoms. The van der Waals surface area contributed by atoms with Gasteiger partial charge in [-0.1, -0.05) is 0 Å². The minimum atomic E-state index is -4.94. The number of rotatable bonds is 5. The molecule has 4 N–H and O–H groups in total. The summed E-state index contributed by atoms with van der Waals surface area (Å²) in [6.07, 6.45) is 0. The predicted octanol–water partition coefficient (Wildman–Crippen LogP) is 0.676. The first-order valence-electron chi connectivity index (χ1n) is 2.67. The van der Waals surface area contributed by atoms with E-state index in [1.165, 1.54) is 0 Å². The first kappa shape index (κ1) is 14.8. The standard InChI is InChI=1S/CH7O9P3S/c1-9-12(5,6)10-13(7,8)14-11(2,3)4/h1H3,(H,5,6)(H,7,8)(H2,2,3,4). The van der Waals surface area contributed by atoms with E-state index in [2.05, 4.69) is 8.83 Å². The van der Waals surface area contributed by atoms with Gasteiger partial charge in [-0.05, 0) is 0 Å². The third kappa shape index (κ3) is 7.14. The summed E-state index contributed by atoms with van der Waals surface area (Å²) in [5, 5.41) is 0. The molecule has 13 heteroatoms. The highest BCUT2D eigenvalue weighted by atomic mass is 33.1. The maximum absolute atomic E-state index is 10.8. The van der Waals surface area contributed by atoms with E-state index in [9.17, 15) is 13.7 Å². The SMILES string of the molecule is COP(=O)(O)OP(=O)(O)SP(=O)(O)O. The maximum Gasteiger partial charge on any atom is 0.479 e. The Hall–Kier alpha value is 0.800.